The van der Waals surface area contributed by atoms with E-state index < -0.39 is 11.8 Å². The monoisotopic (exact) mass is 451 g/mol. The lowest BCUT2D eigenvalue weighted by molar-refractivity contribution is -0.129. The third-order valence-electron chi connectivity index (χ3n) is 4.36. The van der Waals surface area contributed by atoms with E-state index in [2.05, 4.69) is 10.9 Å². The summed E-state index contributed by atoms with van der Waals surface area (Å²) in [6.45, 7) is 3.53. The van der Waals surface area contributed by atoms with Crippen LogP contribution in [0.1, 0.15) is 28.4 Å². The van der Waals surface area contributed by atoms with Gasteiger partial charge in [0.2, 0.25) is 0 Å². The molecule has 0 saturated carbocycles. The number of aryl methyl sites for hydroxylation is 1. The van der Waals surface area contributed by atoms with E-state index in [0.29, 0.717) is 14.8 Å². The van der Waals surface area contributed by atoms with Gasteiger partial charge in [0.05, 0.1) is 4.91 Å². The SMILES string of the molecule is CC(/C=C1\SC(=S)N(CC(=O)NNC(=O)c2ccc(C)cc2)C1=O)=C\c1ccccc1. The van der Waals surface area contributed by atoms with E-state index in [1.54, 1.807) is 30.3 Å². The Labute approximate surface area is 190 Å². The van der Waals surface area contributed by atoms with E-state index >= 15 is 0 Å². The van der Waals surface area contributed by atoms with Crippen LogP contribution in [0.4, 0.5) is 0 Å². The maximum absolute atomic E-state index is 12.7. The van der Waals surface area contributed by atoms with Gasteiger partial charge in [-0.1, -0.05) is 78.1 Å². The highest BCUT2D eigenvalue weighted by atomic mass is 32.2. The zero-order valence-electron chi connectivity index (χ0n) is 17.0. The molecule has 3 rings (SSSR count). The summed E-state index contributed by atoms with van der Waals surface area (Å²) in [6, 6.07) is 16.7. The van der Waals surface area contributed by atoms with E-state index in [1.165, 1.54) is 4.90 Å². The van der Waals surface area contributed by atoms with Crippen LogP contribution in [0.2, 0.25) is 0 Å². The largest absolute Gasteiger partial charge is 0.283 e. The molecular weight excluding hydrogens is 430 g/mol. The maximum atomic E-state index is 12.7. The highest BCUT2D eigenvalue weighted by molar-refractivity contribution is 8.26. The van der Waals surface area contributed by atoms with Crippen molar-refractivity contribution in [2.45, 2.75) is 13.8 Å². The normalized spacial score (nSPS) is 15.4. The van der Waals surface area contributed by atoms with Crippen LogP contribution < -0.4 is 10.9 Å². The second-order valence-electron chi connectivity index (χ2n) is 6.94. The molecule has 0 unspecified atom stereocenters. The van der Waals surface area contributed by atoms with Gasteiger partial charge < -0.3 is 0 Å². The van der Waals surface area contributed by atoms with Crippen molar-refractivity contribution in [1.82, 2.24) is 15.8 Å². The molecule has 0 radical (unpaired) electrons. The van der Waals surface area contributed by atoms with E-state index in [4.69, 9.17) is 12.2 Å². The number of thioether (sulfide) groups is 1. The van der Waals surface area contributed by atoms with Gasteiger partial charge in [-0.3, -0.25) is 30.1 Å². The summed E-state index contributed by atoms with van der Waals surface area (Å²) in [5.41, 5.74) is 8.02. The van der Waals surface area contributed by atoms with Gasteiger partial charge in [0.25, 0.3) is 17.7 Å². The third-order valence-corrected chi connectivity index (χ3v) is 5.73. The van der Waals surface area contributed by atoms with Crippen LogP contribution in [0.3, 0.4) is 0 Å². The number of thiocarbonyl (C=S) groups is 1. The highest BCUT2D eigenvalue weighted by Crippen LogP contribution is 2.31. The molecule has 6 nitrogen and oxygen atoms in total. The first-order chi connectivity index (χ1) is 14.8. The van der Waals surface area contributed by atoms with Crippen molar-refractivity contribution in [3.63, 3.8) is 0 Å². The van der Waals surface area contributed by atoms with E-state index in [0.717, 1.165) is 28.5 Å². The molecule has 3 amide bonds. The predicted octanol–water partition coefficient (Wildman–Crippen LogP) is 3.60. The van der Waals surface area contributed by atoms with Gasteiger partial charge in [-0.15, -0.1) is 0 Å². The zero-order valence-corrected chi connectivity index (χ0v) is 18.7. The van der Waals surface area contributed by atoms with Crippen molar-refractivity contribution in [2.75, 3.05) is 6.54 Å². The smallest absolute Gasteiger partial charge is 0.269 e. The number of allylic oxidation sites excluding steroid dienone is 2. The quantitative estimate of drug-likeness (QED) is 0.413. The molecule has 158 valence electrons. The number of hydrazine groups is 1. The molecule has 2 N–H and O–H groups in total. The average Bonchev–Trinajstić information content (AvgIpc) is 3.00. The van der Waals surface area contributed by atoms with Crippen molar-refractivity contribution in [1.29, 1.82) is 0 Å². The number of carbonyl (C=O) groups excluding carboxylic acids is 3. The number of benzene rings is 2. The first kappa shape index (κ1) is 22.5. The van der Waals surface area contributed by atoms with Crippen molar-refractivity contribution in [2.24, 2.45) is 0 Å². The third kappa shape index (κ3) is 6.13. The van der Waals surface area contributed by atoms with Gasteiger partial charge in [-0.05, 0) is 43.2 Å². The number of hydrogen-bond acceptors (Lipinski definition) is 5. The van der Waals surface area contributed by atoms with Crippen molar-refractivity contribution in [3.05, 3.63) is 87.8 Å². The molecule has 2 aromatic carbocycles. The summed E-state index contributed by atoms with van der Waals surface area (Å²) in [5.74, 6) is -1.33. The Morgan fingerprint density at radius 3 is 2.42 bits per heavy atom. The Kier molecular flexibility index (Phi) is 7.38. The summed E-state index contributed by atoms with van der Waals surface area (Å²) < 4.78 is 0.295. The average molecular weight is 452 g/mol. The molecule has 0 aliphatic carbocycles. The molecule has 1 saturated heterocycles. The Morgan fingerprint density at radius 1 is 1.06 bits per heavy atom. The molecule has 1 fully saturated rings. The minimum Gasteiger partial charge on any atom is -0.283 e. The summed E-state index contributed by atoms with van der Waals surface area (Å²) in [6.07, 6.45) is 3.71. The Morgan fingerprint density at radius 2 is 1.74 bits per heavy atom. The van der Waals surface area contributed by atoms with Crippen molar-refractivity contribution >= 4 is 52.1 Å². The van der Waals surface area contributed by atoms with Gasteiger partial charge in [0.15, 0.2) is 0 Å². The lowest BCUT2D eigenvalue weighted by atomic mass is 10.1. The molecule has 0 spiro atoms. The fraction of sp³-hybridized carbons (Fsp3) is 0.130. The molecular formula is C23H21N3O3S2. The Balaban J connectivity index is 1.58. The first-order valence-corrected chi connectivity index (χ1v) is 10.7. The zero-order chi connectivity index (χ0) is 22.4. The van der Waals surface area contributed by atoms with E-state index in [-0.39, 0.29) is 12.5 Å². The van der Waals surface area contributed by atoms with Crippen LogP contribution in [-0.4, -0.2) is 33.5 Å². The molecule has 0 atom stereocenters. The molecule has 1 aliphatic heterocycles. The first-order valence-electron chi connectivity index (χ1n) is 9.48. The number of nitrogens with one attached hydrogen (secondary N) is 2. The highest BCUT2D eigenvalue weighted by Gasteiger charge is 2.33. The summed E-state index contributed by atoms with van der Waals surface area (Å²) in [5, 5.41) is 0. The molecule has 1 heterocycles. The van der Waals surface area contributed by atoms with Gasteiger partial charge >= 0.3 is 0 Å². The van der Waals surface area contributed by atoms with E-state index in [1.807, 2.05) is 50.3 Å². The van der Waals surface area contributed by atoms with Crippen LogP contribution in [-0.2, 0) is 9.59 Å². The standard InChI is InChI=1S/C23H21N3O3S2/c1-15-8-10-18(11-9-15)21(28)25-24-20(27)14-26-22(29)19(31-23(26)30)13-16(2)12-17-6-4-3-5-7-17/h3-13H,14H2,1-2H3,(H,24,27)(H,25,28)/b16-12+,19-13-. The van der Waals surface area contributed by atoms with Crippen LogP contribution >= 0.6 is 24.0 Å². The number of nitrogens with zero attached hydrogens (tertiary/aromatic N) is 1. The molecule has 1 aliphatic rings. The summed E-state index contributed by atoms with van der Waals surface area (Å²) in [7, 11) is 0. The van der Waals surface area contributed by atoms with Crippen LogP contribution in [0.5, 0.6) is 0 Å². The minimum absolute atomic E-state index is 0.280. The molecule has 0 bridgehead atoms. The fourth-order valence-corrected chi connectivity index (χ4v) is 4.09. The second kappa shape index (κ2) is 10.2. The van der Waals surface area contributed by atoms with Crippen LogP contribution in [0, 0.1) is 6.92 Å². The molecule has 31 heavy (non-hydrogen) atoms. The molecule has 2 aromatic rings. The predicted molar refractivity (Wildman–Crippen MR) is 127 cm³/mol. The number of hydrogen-bond donors (Lipinski definition) is 2. The molecule has 8 heteroatoms. The Bertz CT molecular complexity index is 1080. The van der Waals surface area contributed by atoms with Crippen molar-refractivity contribution in [3.8, 4) is 0 Å². The topological polar surface area (TPSA) is 78.5 Å². The van der Waals surface area contributed by atoms with Gasteiger partial charge in [-0.25, -0.2) is 0 Å². The van der Waals surface area contributed by atoms with Crippen LogP contribution in [0.15, 0.2) is 71.2 Å². The number of carbonyl (C=O) groups is 3. The molecule has 0 aromatic heterocycles. The minimum atomic E-state index is -0.547. The van der Waals surface area contributed by atoms with E-state index in [9.17, 15) is 14.4 Å². The van der Waals surface area contributed by atoms with Crippen molar-refractivity contribution < 1.29 is 14.4 Å². The number of rotatable bonds is 5. The van der Waals surface area contributed by atoms with Crippen LogP contribution in [0.25, 0.3) is 6.08 Å². The van der Waals surface area contributed by atoms with Gasteiger partial charge in [0.1, 0.15) is 10.9 Å². The fourth-order valence-electron chi connectivity index (χ4n) is 2.78. The maximum Gasteiger partial charge on any atom is 0.269 e. The second-order valence-corrected chi connectivity index (χ2v) is 8.61. The van der Waals surface area contributed by atoms with Gasteiger partial charge in [0, 0.05) is 5.56 Å². The lowest BCUT2D eigenvalue weighted by Gasteiger charge is -2.14. The van der Waals surface area contributed by atoms with Gasteiger partial charge in [-0.2, -0.15) is 0 Å². The number of amides is 3. The Hall–Kier alpha value is -3.23. The summed E-state index contributed by atoms with van der Waals surface area (Å²) in [4.78, 5) is 38.7. The lowest BCUT2D eigenvalue weighted by Crippen LogP contribution is -2.47. The summed E-state index contributed by atoms with van der Waals surface area (Å²) >= 11 is 6.41.